The molecule has 0 radical (unpaired) electrons. The van der Waals surface area contributed by atoms with E-state index in [1.807, 2.05) is 0 Å². The Hall–Kier alpha value is -1.55. The van der Waals surface area contributed by atoms with Crippen LogP contribution in [0.1, 0.15) is 31.2 Å². The van der Waals surface area contributed by atoms with Crippen molar-refractivity contribution in [3.8, 4) is 0 Å². The first-order chi connectivity index (χ1) is 11.2. The van der Waals surface area contributed by atoms with Crippen LogP contribution in [0.2, 0.25) is 0 Å². The molecule has 126 valence electrons. The van der Waals surface area contributed by atoms with Gasteiger partial charge in [0.1, 0.15) is 0 Å². The van der Waals surface area contributed by atoms with Crippen molar-refractivity contribution >= 4 is 11.6 Å². The molecule has 2 fully saturated rings. The maximum Gasteiger partial charge on any atom is 0.223 e. The van der Waals surface area contributed by atoms with E-state index in [1.165, 1.54) is 24.1 Å². The van der Waals surface area contributed by atoms with Crippen molar-refractivity contribution in [2.45, 2.75) is 32.6 Å². The summed E-state index contributed by atoms with van der Waals surface area (Å²) in [5.74, 6) is 0.564. The number of rotatable bonds is 5. The average molecular weight is 315 g/mol. The van der Waals surface area contributed by atoms with Gasteiger partial charge in [0.15, 0.2) is 0 Å². The summed E-state index contributed by atoms with van der Waals surface area (Å²) in [4.78, 5) is 16.9. The fraction of sp³-hybridized carbons (Fsp3) is 0.632. The number of hydrogen-bond donors (Lipinski definition) is 1. The molecule has 3 rings (SSSR count). The first-order valence-corrected chi connectivity index (χ1v) is 9.04. The molecule has 23 heavy (non-hydrogen) atoms. The van der Waals surface area contributed by atoms with Crippen molar-refractivity contribution in [1.29, 1.82) is 0 Å². The third-order valence-electron chi connectivity index (χ3n) is 5.19. The zero-order valence-electron chi connectivity index (χ0n) is 14.3. The Morgan fingerprint density at radius 1 is 1.17 bits per heavy atom. The predicted molar refractivity (Wildman–Crippen MR) is 94.8 cm³/mol. The Kier molecular flexibility index (Phi) is 5.55. The monoisotopic (exact) mass is 315 g/mol. The lowest BCUT2D eigenvalue weighted by molar-refractivity contribution is -0.124. The van der Waals surface area contributed by atoms with Crippen molar-refractivity contribution in [1.82, 2.24) is 10.2 Å². The number of aryl methyl sites for hydroxylation is 1. The minimum absolute atomic E-state index is 0.279. The lowest BCUT2D eigenvalue weighted by Crippen LogP contribution is -2.48. The van der Waals surface area contributed by atoms with E-state index in [9.17, 15) is 4.79 Å². The Balaban J connectivity index is 1.37. The van der Waals surface area contributed by atoms with E-state index >= 15 is 0 Å². The van der Waals surface area contributed by atoms with Crippen LogP contribution in [0.3, 0.4) is 0 Å². The highest BCUT2D eigenvalue weighted by Gasteiger charge is 2.22. The van der Waals surface area contributed by atoms with Crippen LogP contribution in [-0.4, -0.2) is 50.1 Å². The zero-order chi connectivity index (χ0) is 16.1. The molecule has 0 spiro atoms. The normalized spacial score (nSPS) is 20.0. The van der Waals surface area contributed by atoms with Gasteiger partial charge in [-0.3, -0.25) is 9.69 Å². The first-order valence-electron chi connectivity index (χ1n) is 9.04. The van der Waals surface area contributed by atoms with Crippen molar-refractivity contribution < 1.29 is 4.79 Å². The predicted octanol–water partition coefficient (Wildman–Crippen LogP) is 2.42. The van der Waals surface area contributed by atoms with Gasteiger partial charge in [0.2, 0.25) is 5.91 Å². The van der Waals surface area contributed by atoms with Crippen LogP contribution in [0.15, 0.2) is 24.3 Å². The molecule has 0 unspecified atom stereocenters. The summed E-state index contributed by atoms with van der Waals surface area (Å²) in [6.07, 6.45) is 4.61. The van der Waals surface area contributed by atoms with Gasteiger partial charge in [-0.05, 0) is 37.5 Å². The molecule has 1 heterocycles. The molecule has 1 saturated carbocycles. The highest BCUT2D eigenvalue weighted by atomic mass is 16.1. The summed E-state index contributed by atoms with van der Waals surface area (Å²) in [6.45, 7) is 8.20. The number of piperazine rings is 1. The number of nitrogens with zero attached hydrogens (tertiary/aromatic N) is 2. The molecule has 0 aromatic heterocycles. The summed E-state index contributed by atoms with van der Waals surface area (Å²) < 4.78 is 0. The smallest absolute Gasteiger partial charge is 0.223 e. The van der Waals surface area contributed by atoms with E-state index < -0.39 is 0 Å². The Morgan fingerprint density at radius 2 is 1.91 bits per heavy atom. The SMILES string of the molecule is Cc1cccc(N2CCN(CCNC(=O)C3CCCC3)CC2)c1. The number of carbonyl (C=O) groups excluding carboxylic acids is 1. The molecule has 1 aliphatic carbocycles. The van der Waals surface area contributed by atoms with E-state index in [-0.39, 0.29) is 11.8 Å². The Morgan fingerprint density at radius 3 is 2.61 bits per heavy atom. The van der Waals surface area contributed by atoms with Crippen molar-refractivity contribution in [2.75, 3.05) is 44.2 Å². The number of carbonyl (C=O) groups is 1. The number of hydrogen-bond acceptors (Lipinski definition) is 3. The fourth-order valence-corrected chi connectivity index (χ4v) is 3.72. The van der Waals surface area contributed by atoms with Crippen LogP contribution in [0.25, 0.3) is 0 Å². The van der Waals surface area contributed by atoms with Gasteiger partial charge in [-0.25, -0.2) is 0 Å². The number of anilines is 1. The lowest BCUT2D eigenvalue weighted by atomic mass is 10.1. The molecule has 4 nitrogen and oxygen atoms in total. The lowest BCUT2D eigenvalue weighted by Gasteiger charge is -2.36. The van der Waals surface area contributed by atoms with Crippen molar-refractivity contribution in [3.05, 3.63) is 29.8 Å². The van der Waals surface area contributed by atoms with Crippen LogP contribution in [-0.2, 0) is 4.79 Å². The van der Waals surface area contributed by atoms with Crippen molar-refractivity contribution in [2.24, 2.45) is 5.92 Å². The van der Waals surface area contributed by atoms with Gasteiger partial charge >= 0.3 is 0 Å². The molecule has 1 amide bonds. The molecule has 1 saturated heterocycles. The highest BCUT2D eigenvalue weighted by Crippen LogP contribution is 2.24. The first kappa shape index (κ1) is 16.3. The number of benzene rings is 1. The van der Waals surface area contributed by atoms with Crippen LogP contribution >= 0.6 is 0 Å². The maximum absolute atomic E-state index is 12.0. The van der Waals surface area contributed by atoms with Gasteiger partial charge < -0.3 is 10.2 Å². The number of amides is 1. The van der Waals surface area contributed by atoms with Crippen LogP contribution in [0.5, 0.6) is 0 Å². The molecule has 1 aliphatic heterocycles. The standard InChI is InChI=1S/C19H29N3O/c1-16-5-4-8-18(15-16)22-13-11-21(12-14-22)10-9-20-19(23)17-6-2-3-7-17/h4-5,8,15,17H,2-3,6-7,9-14H2,1H3,(H,20,23). The van der Waals surface area contributed by atoms with E-state index in [0.717, 1.165) is 52.1 Å². The summed E-state index contributed by atoms with van der Waals surface area (Å²) in [5.41, 5.74) is 2.65. The third kappa shape index (κ3) is 4.47. The van der Waals surface area contributed by atoms with Crippen LogP contribution in [0, 0.1) is 12.8 Å². The molecule has 2 aliphatic rings. The highest BCUT2D eigenvalue weighted by molar-refractivity contribution is 5.78. The summed E-state index contributed by atoms with van der Waals surface area (Å²) in [6, 6.07) is 8.74. The number of nitrogens with one attached hydrogen (secondary N) is 1. The molecule has 0 atom stereocenters. The zero-order valence-corrected chi connectivity index (χ0v) is 14.3. The largest absolute Gasteiger partial charge is 0.369 e. The van der Waals surface area contributed by atoms with E-state index in [4.69, 9.17) is 0 Å². The van der Waals surface area contributed by atoms with Crippen LogP contribution in [0.4, 0.5) is 5.69 Å². The second-order valence-corrected chi connectivity index (χ2v) is 6.94. The summed E-state index contributed by atoms with van der Waals surface area (Å²) in [5, 5.41) is 3.13. The molecular weight excluding hydrogens is 286 g/mol. The second kappa shape index (κ2) is 7.82. The topological polar surface area (TPSA) is 35.6 Å². The minimum atomic E-state index is 0.279. The quantitative estimate of drug-likeness (QED) is 0.906. The van der Waals surface area contributed by atoms with Gasteiger partial charge in [-0.2, -0.15) is 0 Å². The summed E-state index contributed by atoms with van der Waals surface area (Å²) >= 11 is 0. The van der Waals surface area contributed by atoms with Gasteiger partial charge in [0.05, 0.1) is 0 Å². The van der Waals surface area contributed by atoms with Gasteiger partial charge in [0, 0.05) is 50.9 Å². The van der Waals surface area contributed by atoms with E-state index in [0.29, 0.717) is 0 Å². The Bertz CT molecular complexity index is 517. The maximum atomic E-state index is 12.0. The molecule has 1 aromatic rings. The van der Waals surface area contributed by atoms with Crippen molar-refractivity contribution in [3.63, 3.8) is 0 Å². The fourth-order valence-electron chi connectivity index (χ4n) is 3.72. The van der Waals surface area contributed by atoms with E-state index in [2.05, 4.69) is 46.3 Å². The molecule has 1 N–H and O–H groups in total. The average Bonchev–Trinajstić information content (AvgIpc) is 3.10. The van der Waals surface area contributed by atoms with Gasteiger partial charge in [0.25, 0.3) is 0 Å². The van der Waals surface area contributed by atoms with E-state index in [1.54, 1.807) is 0 Å². The molecule has 1 aromatic carbocycles. The molecule has 0 bridgehead atoms. The third-order valence-corrected chi connectivity index (χ3v) is 5.19. The van der Waals surface area contributed by atoms with Gasteiger partial charge in [-0.15, -0.1) is 0 Å². The summed E-state index contributed by atoms with van der Waals surface area (Å²) in [7, 11) is 0. The second-order valence-electron chi connectivity index (χ2n) is 6.94. The Labute approximate surface area is 139 Å². The molecule has 4 heteroatoms. The molecular formula is C19H29N3O. The van der Waals surface area contributed by atoms with Gasteiger partial charge in [-0.1, -0.05) is 25.0 Å². The minimum Gasteiger partial charge on any atom is -0.369 e. The van der Waals surface area contributed by atoms with Crippen LogP contribution < -0.4 is 10.2 Å².